The molecule has 1 aromatic heterocycles. The number of rotatable bonds is 2. The van der Waals surface area contributed by atoms with E-state index in [0.717, 1.165) is 18.5 Å². The van der Waals surface area contributed by atoms with Crippen molar-refractivity contribution in [3.63, 3.8) is 0 Å². The third-order valence-electron chi connectivity index (χ3n) is 1.23. The van der Waals surface area contributed by atoms with Crippen LogP contribution < -0.4 is 5.73 Å². The van der Waals surface area contributed by atoms with Gasteiger partial charge in [0.25, 0.3) is 0 Å². The first kappa shape index (κ1) is 6.99. The summed E-state index contributed by atoms with van der Waals surface area (Å²) in [5, 5.41) is 0. The van der Waals surface area contributed by atoms with Crippen molar-refractivity contribution in [1.29, 1.82) is 0 Å². The Morgan fingerprint density at radius 3 is 2.70 bits per heavy atom. The van der Waals surface area contributed by atoms with Gasteiger partial charge in [0, 0.05) is 0 Å². The number of aromatic nitrogens is 2. The normalized spacial score (nSPS) is 9.70. The molecule has 0 spiro atoms. The Kier molecular flexibility index (Phi) is 2.20. The van der Waals surface area contributed by atoms with E-state index in [1.807, 2.05) is 0 Å². The Labute approximate surface area is 60.3 Å². The average molecular weight is 137 g/mol. The number of nitrogen functional groups attached to an aromatic ring is 1. The second kappa shape index (κ2) is 3.15. The third-order valence-corrected chi connectivity index (χ3v) is 1.23. The van der Waals surface area contributed by atoms with E-state index in [0.29, 0.717) is 5.82 Å². The Balaban J connectivity index is 2.69. The predicted molar refractivity (Wildman–Crippen MR) is 40.4 cm³/mol. The van der Waals surface area contributed by atoms with Crippen LogP contribution in [-0.4, -0.2) is 9.97 Å². The van der Waals surface area contributed by atoms with Gasteiger partial charge in [-0.2, -0.15) is 0 Å². The third kappa shape index (κ3) is 1.69. The highest BCUT2D eigenvalue weighted by atomic mass is 14.9. The summed E-state index contributed by atoms with van der Waals surface area (Å²) in [7, 11) is 0. The molecule has 0 saturated carbocycles. The van der Waals surface area contributed by atoms with Crippen molar-refractivity contribution in [3.8, 4) is 0 Å². The average Bonchev–Trinajstić information content (AvgIpc) is 1.95. The van der Waals surface area contributed by atoms with Gasteiger partial charge < -0.3 is 5.73 Å². The van der Waals surface area contributed by atoms with E-state index in [2.05, 4.69) is 16.9 Å². The van der Waals surface area contributed by atoms with Gasteiger partial charge in [-0.25, -0.2) is 4.98 Å². The zero-order valence-electron chi connectivity index (χ0n) is 6.04. The summed E-state index contributed by atoms with van der Waals surface area (Å²) < 4.78 is 0. The lowest BCUT2D eigenvalue weighted by Gasteiger charge is -1.95. The van der Waals surface area contributed by atoms with Crippen LogP contribution in [0.25, 0.3) is 0 Å². The Morgan fingerprint density at radius 2 is 2.20 bits per heavy atom. The van der Waals surface area contributed by atoms with Crippen LogP contribution in [0.4, 0.5) is 5.82 Å². The van der Waals surface area contributed by atoms with Crippen molar-refractivity contribution in [1.82, 2.24) is 9.97 Å². The first-order valence-corrected chi connectivity index (χ1v) is 3.39. The van der Waals surface area contributed by atoms with Crippen molar-refractivity contribution < 1.29 is 0 Å². The summed E-state index contributed by atoms with van der Waals surface area (Å²) >= 11 is 0. The van der Waals surface area contributed by atoms with E-state index in [9.17, 15) is 0 Å². The maximum absolute atomic E-state index is 5.35. The SMILES string of the molecule is CCCc1cnc(N)cn1. The first-order chi connectivity index (χ1) is 4.83. The molecule has 3 heteroatoms. The highest BCUT2D eigenvalue weighted by Gasteiger charge is 1.91. The van der Waals surface area contributed by atoms with E-state index in [4.69, 9.17) is 5.73 Å². The number of anilines is 1. The summed E-state index contributed by atoms with van der Waals surface area (Å²) in [5.74, 6) is 0.486. The molecule has 0 saturated heterocycles. The highest BCUT2D eigenvalue weighted by Crippen LogP contribution is 1.98. The van der Waals surface area contributed by atoms with Crippen LogP contribution >= 0.6 is 0 Å². The van der Waals surface area contributed by atoms with Crippen molar-refractivity contribution in [2.24, 2.45) is 0 Å². The van der Waals surface area contributed by atoms with Crippen LogP contribution in [0.3, 0.4) is 0 Å². The minimum Gasteiger partial charge on any atom is -0.382 e. The molecule has 0 aliphatic carbocycles. The Morgan fingerprint density at radius 1 is 1.40 bits per heavy atom. The summed E-state index contributed by atoms with van der Waals surface area (Å²) in [6, 6.07) is 0. The lowest BCUT2D eigenvalue weighted by molar-refractivity contribution is 0.872. The number of aryl methyl sites for hydroxylation is 1. The van der Waals surface area contributed by atoms with Crippen LogP contribution in [0.1, 0.15) is 19.0 Å². The fourth-order valence-corrected chi connectivity index (χ4v) is 0.750. The van der Waals surface area contributed by atoms with Gasteiger partial charge in [-0.1, -0.05) is 13.3 Å². The minimum atomic E-state index is 0.486. The highest BCUT2D eigenvalue weighted by molar-refractivity contribution is 5.22. The lowest BCUT2D eigenvalue weighted by Crippen LogP contribution is -1.94. The monoisotopic (exact) mass is 137 g/mol. The number of nitrogens with zero attached hydrogens (tertiary/aromatic N) is 2. The molecule has 1 aromatic rings. The number of hydrogen-bond acceptors (Lipinski definition) is 3. The molecular weight excluding hydrogens is 126 g/mol. The topological polar surface area (TPSA) is 51.8 Å². The summed E-state index contributed by atoms with van der Waals surface area (Å²) in [6.45, 7) is 2.11. The predicted octanol–water partition coefficient (Wildman–Crippen LogP) is 1.01. The van der Waals surface area contributed by atoms with Crippen LogP contribution in [0.2, 0.25) is 0 Å². The molecule has 0 amide bonds. The van der Waals surface area contributed by atoms with E-state index in [1.165, 1.54) is 0 Å². The van der Waals surface area contributed by atoms with Gasteiger partial charge in [-0.15, -0.1) is 0 Å². The molecule has 3 nitrogen and oxygen atoms in total. The van der Waals surface area contributed by atoms with E-state index in [1.54, 1.807) is 12.4 Å². The molecule has 1 heterocycles. The standard InChI is InChI=1S/C7H11N3/c1-2-3-6-4-10-7(8)5-9-6/h4-5H,2-3H2,1H3,(H2,8,10). The molecule has 0 atom stereocenters. The second-order valence-corrected chi connectivity index (χ2v) is 2.18. The van der Waals surface area contributed by atoms with Crippen molar-refractivity contribution in [2.45, 2.75) is 19.8 Å². The zero-order chi connectivity index (χ0) is 7.40. The van der Waals surface area contributed by atoms with Gasteiger partial charge in [0.05, 0.1) is 18.1 Å². The second-order valence-electron chi connectivity index (χ2n) is 2.18. The van der Waals surface area contributed by atoms with E-state index >= 15 is 0 Å². The minimum absolute atomic E-state index is 0.486. The summed E-state index contributed by atoms with van der Waals surface area (Å²) in [4.78, 5) is 7.99. The van der Waals surface area contributed by atoms with E-state index in [-0.39, 0.29) is 0 Å². The quantitative estimate of drug-likeness (QED) is 0.661. The Bertz CT molecular complexity index is 193. The molecule has 2 N–H and O–H groups in total. The van der Waals surface area contributed by atoms with Gasteiger partial charge >= 0.3 is 0 Å². The largest absolute Gasteiger partial charge is 0.382 e. The molecule has 10 heavy (non-hydrogen) atoms. The molecule has 0 aromatic carbocycles. The van der Waals surface area contributed by atoms with Gasteiger partial charge in [0.2, 0.25) is 0 Å². The first-order valence-electron chi connectivity index (χ1n) is 3.39. The maximum Gasteiger partial charge on any atom is 0.141 e. The lowest BCUT2D eigenvalue weighted by atomic mass is 10.3. The smallest absolute Gasteiger partial charge is 0.141 e. The van der Waals surface area contributed by atoms with Crippen LogP contribution in [-0.2, 0) is 6.42 Å². The maximum atomic E-state index is 5.35. The van der Waals surface area contributed by atoms with Crippen molar-refractivity contribution in [3.05, 3.63) is 18.1 Å². The summed E-state index contributed by atoms with van der Waals surface area (Å²) in [5.41, 5.74) is 6.36. The van der Waals surface area contributed by atoms with Gasteiger partial charge in [0.15, 0.2) is 0 Å². The molecule has 0 aliphatic rings. The molecule has 0 aliphatic heterocycles. The molecule has 0 radical (unpaired) electrons. The summed E-state index contributed by atoms with van der Waals surface area (Å²) in [6.07, 6.45) is 5.38. The van der Waals surface area contributed by atoms with Crippen LogP contribution in [0.15, 0.2) is 12.4 Å². The number of nitrogens with two attached hydrogens (primary N) is 1. The van der Waals surface area contributed by atoms with Crippen molar-refractivity contribution >= 4 is 5.82 Å². The molecule has 1 rings (SSSR count). The fraction of sp³-hybridized carbons (Fsp3) is 0.429. The van der Waals surface area contributed by atoms with Crippen LogP contribution in [0, 0.1) is 0 Å². The molecule has 54 valence electrons. The van der Waals surface area contributed by atoms with Crippen molar-refractivity contribution in [2.75, 3.05) is 5.73 Å². The number of hydrogen-bond donors (Lipinski definition) is 1. The Hall–Kier alpha value is -1.12. The van der Waals surface area contributed by atoms with E-state index < -0.39 is 0 Å². The fourth-order valence-electron chi connectivity index (χ4n) is 0.750. The molecule has 0 unspecified atom stereocenters. The zero-order valence-corrected chi connectivity index (χ0v) is 6.04. The molecular formula is C7H11N3. The molecule has 0 bridgehead atoms. The van der Waals surface area contributed by atoms with Crippen LogP contribution in [0.5, 0.6) is 0 Å². The van der Waals surface area contributed by atoms with Gasteiger partial charge in [-0.05, 0) is 6.42 Å². The van der Waals surface area contributed by atoms with Gasteiger partial charge in [0.1, 0.15) is 5.82 Å². The van der Waals surface area contributed by atoms with Gasteiger partial charge in [-0.3, -0.25) is 4.98 Å². The molecule has 0 fully saturated rings.